The number of carboxylic acid groups (broad SMARTS) is 1. The van der Waals surface area contributed by atoms with Gasteiger partial charge in [0.15, 0.2) is 5.66 Å². The number of nitrogens with one attached hydrogen (secondary N) is 1. The van der Waals surface area contributed by atoms with Gasteiger partial charge in [0.2, 0.25) is 0 Å². The second-order valence-corrected chi connectivity index (χ2v) is 4.82. The first-order valence-corrected chi connectivity index (χ1v) is 6.14. The summed E-state index contributed by atoms with van der Waals surface area (Å²) in [5, 5.41) is 31.9. The van der Waals surface area contributed by atoms with E-state index in [1.54, 1.807) is 0 Å². The van der Waals surface area contributed by atoms with Crippen LogP contribution < -0.4 is 5.32 Å². The molecule has 0 amide bonds. The number of aliphatic carboxylic acids is 1. The largest absolute Gasteiger partial charge is 0.480 e. The maximum Gasteiger partial charge on any atom is 0.344 e. The van der Waals surface area contributed by atoms with Gasteiger partial charge in [0, 0.05) is 13.1 Å². The second kappa shape index (κ2) is 6.23. The van der Waals surface area contributed by atoms with E-state index >= 15 is 0 Å². The second-order valence-electron chi connectivity index (χ2n) is 4.82. The number of rotatable bonds is 3. The Labute approximate surface area is 122 Å². The Hall–Kier alpha value is -0.930. The van der Waals surface area contributed by atoms with Gasteiger partial charge in [0.1, 0.15) is 6.04 Å². The average Bonchev–Trinajstić information content (AvgIpc) is 2.92. The van der Waals surface area contributed by atoms with Crippen molar-refractivity contribution in [3.05, 3.63) is 0 Å². The molecule has 4 N–H and O–H groups in total. The minimum atomic E-state index is -1.59. The lowest BCUT2D eigenvalue weighted by Gasteiger charge is -2.40. The summed E-state index contributed by atoms with van der Waals surface area (Å²) in [7, 11) is 1.18. The third-order valence-electron chi connectivity index (χ3n) is 3.86. The number of halogens is 1. The maximum atomic E-state index is 12.0. The van der Waals surface area contributed by atoms with E-state index in [1.165, 1.54) is 12.0 Å². The Balaban J connectivity index is 0.00000200. The summed E-state index contributed by atoms with van der Waals surface area (Å²) in [6, 6.07) is -1.24. The van der Waals surface area contributed by atoms with Crippen molar-refractivity contribution in [1.29, 1.82) is 0 Å². The van der Waals surface area contributed by atoms with E-state index in [-0.39, 0.29) is 25.4 Å². The molecule has 9 heteroatoms. The van der Waals surface area contributed by atoms with Gasteiger partial charge in [-0.25, -0.2) is 4.79 Å². The first kappa shape index (κ1) is 17.1. The molecule has 2 aliphatic heterocycles. The van der Waals surface area contributed by atoms with Crippen LogP contribution in [-0.2, 0) is 14.3 Å². The summed E-state index contributed by atoms with van der Waals surface area (Å²) in [5.74, 6) is -1.97. The molecule has 20 heavy (non-hydrogen) atoms. The van der Waals surface area contributed by atoms with Crippen molar-refractivity contribution >= 4 is 24.3 Å². The lowest BCUT2D eigenvalue weighted by molar-refractivity contribution is -0.171. The predicted octanol–water partition coefficient (Wildman–Crippen LogP) is -1.85. The van der Waals surface area contributed by atoms with Crippen molar-refractivity contribution in [3.8, 4) is 0 Å². The number of aliphatic hydroxyl groups is 2. The van der Waals surface area contributed by atoms with Gasteiger partial charge < -0.3 is 20.1 Å². The van der Waals surface area contributed by atoms with Gasteiger partial charge in [-0.1, -0.05) is 0 Å². The molecule has 2 fully saturated rings. The Morgan fingerprint density at radius 3 is 2.45 bits per heavy atom. The molecule has 8 nitrogen and oxygen atoms in total. The number of ether oxygens (including phenoxy) is 1. The molecule has 2 aliphatic rings. The zero-order valence-corrected chi connectivity index (χ0v) is 11.8. The van der Waals surface area contributed by atoms with Crippen LogP contribution in [0.15, 0.2) is 0 Å². The topological polar surface area (TPSA) is 119 Å². The molecule has 2 rings (SSSR count). The number of methoxy groups -OCH3 is 1. The monoisotopic (exact) mass is 310 g/mol. The van der Waals surface area contributed by atoms with Gasteiger partial charge in [-0.05, 0) is 12.8 Å². The van der Waals surface area contributed by atoms with Crippen LogP contribution in [0.2, 0.25) is 0 Å². The van der Waals surface area contributed by atoms with Crippen molar-refractivity contribution in [2.24, 2.45) is 0 Å². The van der Waals surface area contributed by atoms with Crippen LogP contribution >= 0.6 is 12.4 Å². The molecule has 1 unspecified atom stereocenters. The fraction of sp³-hybridized carbons (Fsp3) is 0.818. The lowest BCUT2D eigenvalue weighted by atomic mass is 10.0. The van der Waals surface area contributed by atoms with E-state index in [0.717, 1.165) is 0 Å². The Bertz CT molecular complexity index is 395. The summed E-state index contributed by atoms with van der Waals surface area (Å²) in [6.07, 6.45) is -1.61. The van der Waals surface area contributed by atoms with E-state index in [9.17, 15) is 24.9 Å². The highest BCUT2D eigenvalue weighted by atomic mass is 35.5. The number of carbonyl (C=O) groups is 2. The number of carboxylic acids is 1. The molecule has 2 saturated heterocycles. The fourth-order valence-corrected chi connectivity index (χ4v) is 2.97. The zero-order chi connectivity index (χ0) is 14.2. The minimum absolute atomic E-state index is 0. The van der Waals surface area contributed by atoms with Gasteiger partial charge in [-0.3, -0.25) is 15.0 Å². The van der Waals surface area contributed by atoms with Crippen LogP contribution in [0.4, 0.5) is 0 Å². The van der Waals surface area contributed by atoms with Crippen molar-refractivity contribution < 1.29 is 29.6 Å². The van der Waals surface area contributed by atoms with Crippen molar-refractivity contribution in [1.82, 2.24) is 10.2 Å². The summed E-state index contributed by atoms with van der Waals surface area (Å²) in [4.78, 5) is 24.6. The van der Waals surface area contributed by atoms with Crippen LogP contribution in [0, 0.1) is 0 Å². The summed E-state index contributed by atoms with van der Waals surface area (Å²) in [5.41, 5.74) is -1.59. The van der Waals surface area contributed by atoms with Crippen molar-refractivity contribution in [3.63, 3.8) is 0 Å². The normalized spacial score (nSPS) is 37.5. The maximum absolute atomic E-state index is 12.0. The number of hydrogen-bond donors (Lipinski definition) is 4. The first-order valence-electron chi connectivity index (χ1n) is 6.14. The van der Waals surface area contributed by atoms with Crippen LogP contribution in [0.3, 0.4) is 0 Å². The quantitative estimate of drug-likeness (QED) is 0.449. The molecule has 0 aromatic heterocycles. The standard InChI is InChI=1S/C11H18N2O6.ClH/c1-19-10(18)11(7(15)2-4-12-11)13-5-3-6(14)8(13)9(16)17;/h6-8,12,14-15H,2-5H2,1H3,(H,16,17);1H/t6?,7-,8-,11+;/m0./s1. The summed E-state index contributed by atoms with van der Waals surface area (Å²) in [6.45, 7) is 0.562. The van der Waals surface area contributed by atoms with Crippen LogP contribution in [0.5, 0.6) is 0 Å². The van der Waals surface area contributed by atoms with E-state index in [2.05, 4.69) is 5.32 Å². The predicted molar refractivity (Wildman–Crippen MR) is 69.4 cm³/mol. The highest BCUT2D eigenvalue weighted by molar-refractivity contribution is 5.85. The van der Waals surface area contributed by atoms with Gasteiger partial charge in [0.25, 0.3) is 0 Å². The highest BCUT2D eigenvalue weighted by Crippen LogP contribution is 2.33. The molecule has 4 atom stereocenters. The molecule has 2 heterocycles. The Morgan fingerprint density at radius 2 is 2.00 bits per heavy atom. The molecule has 0 aromatic rings. The molecule has 0 aromatic carbocycles. The molecule has 0 radical (unpaired) electrons. The van der Waals surface area contributed by atoms with E-state index in [4.69, 9.17) is 4.74 Å². The first-order chi connectivity index (χ1) is 8.95. The number of esters is 1. The zero-order valence-electron chi connectivity index (χ0n) is 11.0. The third-order valence-corrected chi connectivity index (χ3v) is 3.86. The Morgan fingerprint density at radius 1 is 1.35 bits per heavy atom. The van der Waals surface area contributed by atoms with Crippen LogP contribution in [0.1, 0.15) is 12.8 Å². The summed E-state index contributed by atoms with van der Waals surface area (Å²) < 4.78 is 4.71. The number of aliphatic hydroxyl groups excluding tert-OH is 2. The molecule has 0 bridgehead atoms. The van der Waals surface area contributed by atoms with Crippen LogP contribution in [-0.4, -0.2) is 76.3 Å². The van der Waals surface area contributed by atoms with Crippen LogP contribution in [0.25, 0.3) is 0 Å². The van der Waals surface area contributed by atoms with E-state index in [0.29, 0.717) is 13.0 Å². The molecule has 0 aliphatic carbocycles. The number of likely N-dealkylation sites (tertiary alicyclic amines) is 1. The average molecular weight is 311 g/mol. The highest BCUT2D eigenvalue weighted by Gasteiger charge is 2.60. The molecule has 0 saturated carbocycles. The van der Waals surface area contributed by atoms with Crippen molar-refractivity contribution in [2.45, 2.75) is 36.8 Å². The molecular weight excluding hydrogens is 292 g/mol. The van der Waals surface area contributed by atoms with Gasteiger partial charge in [-0.15, -0.1) is 12.4 Å². The Kier molecular flexibility index (Phi) is 5.33. The molecule has 116 valence electrons. The smallest absolute Gasteiger partial charge is 0.344 e. The minimum Gasteiger partial charge on any atom is -0.480 e. The number of nitrogens with zero attached hydrogens (tertiary/aromatic N) is 1. The fourth-order valence-electron chi connectivity index (χ4n) is 2.97. The third kappa shape index (κ3) is 2.38. The van der Waals surface area contributed by atoms with Gasteiger partial charge in [0.05, 0.1) is 19.3 Å². The number of carbonyl (C=O) groups excluding carboxylic acids is 1. The van der Waals surface area contributed by atoms with Gasteiger partial charge in [-0.2, -0.15) is 0 Å². The van der Waals surface area contributed by atoms with E-state index in [1.807, 2.05) is 0 Å². The number of hydrogen-bond acceptors (Lipinski definition) is 7. The molecular formula is C11H19ClN2O6. The van der Waals surface area contributed by atoms with E-state index < -0.39 is 35.9 Å². The lowest BCUT2D eigenvalue weighted by Crippen LogP contribution is -2.69. The van der Waals surface area contributed by atoms with Gasteiger partial charge >= 0.3 is 11.9 Å². The van der Waals surface area contributed by atoms with Crippen molar-refractivity contribution in [2.75, 3.05) is 20.2 Å². The summed E-state index contributed by atoms with van der Waals surface area (Å²) >= 11 is 0. The SMILES string of the molecule is COC(=O)[C@@]1(N2CCC(O)[C@H]2C(=O)O)NCC[C@@H]1O.Cl. The molecule has 0 spiro atoms.